The molecule has 0 bridgehead atoms. The summed E-state index contributed by atoms with van der Waals surface area (Å²) in [6.45, 7) is 5.95. The monoisotopic (exact) mass is 446 g/mol. The van der Waals surface area contributed by atoms with Crippen molar-refractivity contribution in [3.8, 4) is 0 Å². The molecule has 0 heterocycles. The van der Waals surface area contributed by atoms with Crippen LogP contribution in [0.4, 0.5) is 11.4 Å². The zero-order valence-electron chi connectivity index (χ0n) is 17.7. The maximum absolute atomic E-state index is 12.6. The predicted molar refractivity (Wildman–Crippen MR) is 118 cm³/mol. The third kappa shape index (κ3) is 7.19. The van der Waals surface area contributed by atoms with E-state index in [0.717, 1.165) is 5.56 Å². The number of amides is 3. The molecule has 9 nitrogen and oxygen atoms in total. The Kier molecular flexibility index (Phi) is 7.89. The van der Waals surface area contributed by atoms with E-state index in [-0.39, 0.29) is 16.7 Å². The fourth-order valence-electron chi connectivity index (χ4n) is 2.79. The molecule has 0 aliphatic carbocycles. The fraction of sp³-hybridized carbons (Fsp3) is 0.286. The topological polar surface area (TPSA) is 133 Å². The summed E-state index contributed by atoms with van der Waals surface area (Å²) in [6.07, 6.45) is 0. The average Bonchev–Trinajstić information content (AvgIpc) is 2.67. The molecule has 0 aromatic heterocycles. The Bertz CT molecular complexity index is 1070. The van der Waals surface area contributed by atoms with Crippen molar-refractivity contribution in [3.05, 3.63) is 54.1 Å². The molecule has 2 atom stereocenters. The molecule has 31 heavy (non-hydrogen) atoms. The van der Waals surface area contributed by atoms with Gasteiger partial charge in [-0.3, -0.25) is 14.4 Å². The molecule has 0 aliphatic heterocycles. The Balaban J connectivity index is 2.02. The van der Waals surface area contributed by atoms with Gasteiger partial charge in [-0.15, -0.1) is 0 Å². The van der Waals surface area contributed by atoms with E-state index >= 15 is 0 Å². The standard InChI is InChI=1S/C21H26N4O5S/c1-13(17-6-5-7-19(12-17)24-16(4)27)22-21(28)14(2)25-31(29,30)20-10-8-18(9-11-20)23-15(3)26/h5-14,25H,1-4H3,(H,22,28)(H,23,26)(H,24,27)/t13?,14-/m0/s1. The van der Waals surface area contributed by atoms with Gasteiger partial charge in [-0.05, 0) is 55.8 Å². The van der Waals surface area contributed by atoms with Crippen LogP contribution in [0.1, 0.15) is 39.3 Å². The summed E-state index contributed by atoms with van der Waals surface area (Å²) in [5.41, 5.74) is 1.82. The van der Waals surface area contributed by atoms with Crippen molar-refractivity contribution in [1.29, 1.82) is 0 Å². The summed E-state index contributed by atoms with van der Waals surface area (Å²) in [6, 6.07) is 11.2. The molecule has 4 N–H and O–H groups in total. The first-order valence-electron chi connectivity index (χ1n) is 9.56. The van der Waals surface area contributed by atoms with E-state index in [1.165, 1.54) is 45.0 Å². The van der Waals surface area contributed by atoms with Crippen molar-refractivity contribution < 1.29 is 22.8 Å². The zero-order valence-corrected chi connectivity index (χ0v) is 18.5. The number of carbonyl (C=O) groups is 3. The number of rotatable bonds is 8. The molecule has 0 radical (unpaired) electrons. The molecule has 10 heteroatoms. The Morgan fingerprint density at radius 3 is 2.00 bits per heavy atom. The molecule has 0 saturated carbocycles. The van der Waals surface area contributed by atoms with Crippen molar-refractivity contribution in [2.75, 3.05) is 10.6 Å². The molecular formula is C21H26N4O5S. The Morgan fingerprint density at radius 2 is 1.42 bits per heavy atom. The molecule has 166 valence electrons. The Morgan fingerprint density at radius 1 is 0.839 bits per heavy atom. The van der Waals surface area contributed by atoms with Gasteiger partial charge in [0.25, 0.3) is 0 Å². The van der Waals surface area contributed by atoms with Gasteiger partial charge in [-0.2, -0.15) is 4.72 Å². The second kappa shape index (κ2) is 10.2. The van der Waals surface area contributed by atoms with Crippen molar-refractivity contribution in [2.45, 2.75) is 44.7 Å². The number of hydrogen-bond acceptors (Lipinski definition) is 5. The molecule has 0 saturated heterocycles. The highest BCUT2D eigenvalue weighted by molar-refractivity contribution is 7.89. The normalized spacial score (nSPS) is 13.0. The summed E-state index contributed by atoms with van der Waals surface area (Å²) in [4.78, 5) is 34.8. The summed E-state index contributed by atoms with van der Waals surface area (Å²) in [5.74, 6) is -0.978. The maximum atomic E-state index is 12.6. The molecule has 2 aromatic rings. The first kappa shape index (κ1) is 24.0. The van der Waals surface area contributed by atoms with Gasteiger partial charge in [0.1, 0.15) is 0 Å². The number of anilines is 2. The summed E-state index contributed by atoms with van der Waals surface area (Å²) in [7, 11) is -3.94. The second-order valence-electron chi connectivity index (χ2n) is 7.09. The molecule has 2 rings (SSSR count). The van der Waals surface area contributed by atoms with E-state index in [1.807, 2.05) is 0 Å². The Labute approximate surface area is 181 Å². The highest BCUT2D eigenvalue weighted by Gasteiger charge is 2.23. The highest BCUT2D eigenvalue weighted by atomic mass is 32.2. The predicted octanol–water partition coefficient (Wildman–Crippen LogP) is 2.15. The SMILES string of the molecule is CC(=O)Nc1ccc(S(=O)(=O)N[C@@H](C)C(=O)NC(C)c2cccc(NC(C)=O)c2)cc1. The van der Waals surface area contributed by atoms with Gasteiger partial charge in [-0.25, -0.2) is 8.42 Å². The molecule has 2 aromatic carbocycles. The third-order valence-electron chi connectivity index (χ3n) is 4.28. The quantitative estimate of drug-likeness (QED) is 0.493. The average molecular weight is 447 g/mol. The van der Waals surface area contributed by atoms with Crippen molar-refractivity contribution in [2.24, 2.45) is 0 Å². The van der Waals surface area contributed by atoms with Gasteiger partial charge in [0.05, 0.1) is 17.0 Å². The summed E-state index contributed by atoms with van der Waals surface area (Å²) >= 11 is 0. The summed E-state index contributed by atoms with van der Waals surface area (Å²) < 4.78 is 27.5. The molecular weight excluding hydrogens is 420 g/mol. The highest BCUT2D eigenvalue weighted by Crippen LogP contribution is 2.18. The van der Waals surface area contributed by atoms with E-state index in [4.69, 9.17) is 0 Å². The van der Waals surface area contributed by atoms with Crippen LogP contribution >= 0.6 is 0 Å². The first-order valence-corrected chi connectivity index (χ1v) is 11.0. The van der Waals surface area contributed by atoms with Crippen LogP contribution in [-0.2, 0) is 24.4 Å². The van der Waals surface area contributed by atoms with Crippen LogP contribution in [0.5, 0.6) is 0 Å². The van der Waals surface area contributed by atoms with Crippen LogP contribution in [0.2, 0.25) is 0 Å². The summed E-state index contributed by atoms with van der Waals surface area (Å²) in [5, 5.41) is 7.98. The van der Waals surface area contributed by atoms with E-state index in [9.17, 15) is 22.8 Å². The van der Waals surface area contributed by atoms with Crippen LogP contribution in [0, 0.1) is 0 Å². The molecule has 0 fully saturated rings. The second-order valence-corrected chi connectivity index (χ2v) is 8.80. The largest absolute Gasteiger partial charge is 0.348 e. The van der Waals surface area contributed by atoms with Gasteiger partial charge in [0.2, 0.25) is 27.7 Å². The van der Waals surface area contributed by atoms with E-state index in [0.29, 0.717) is 11.4 Å². The van der Waals surface area contributed by atoms with Gasteiger partial charge in [-0.1, -0.05) is 12.1 Å². The minimum absolute atomic E-state index is 0.0303. The molecule has 0 aliphatic rings. The third-order valence-corrected chi connectivity index (χ3v) is 5.83. The number of nitrogens with one attached hydrogen (secondary N) is 4. The lowest BCUT2D eigenvalue weighted by molar-refractivity contribution is -0.123. The number of sulfonamides is 1. The van der Waals surface area contributed by atoms with Gasteiger partial charge < -0.3 is 16.0 Å². The van der Waals surface area contributed by atoms with Crippen LogP contribution in [0.25, 0.3) is 0 Å². The van der Waals surface area contributed by atoms with Crippen LogP contribution in [0.3, 0.4) is 0 Å². The minimum Gasteiger partial charge on any atom is -0.348 e. The van der Waals surface area contributed by atoms with Gasteiger partial charge >= 0.3 is 0 Å². The van der Waals surface area contributed by atoms with E-state index in [1.54, 1.807) is 31.2 Å². The van der Waals surface area contributed by atoms with Gasteiger partial charge in [0.15, 0.2) is 0 Å². The van der Waals surface area contributed by atoms with Crippen molar-refractivity contribution in [3.63, 3.8) is 0 Å². The van der Waals surface area contributed by atoms with Crippen molar-refractivity contribution in [1.82, 2.24) is 10.0 Å². The Hall–Kier alpha value is -3.24. The molecule has 0 spiro atoms. The van der Waals surface area contributed by atoms with Gasteiger partial charge in [0, 0.05) is 25.2 Å². The lowest BCUT2D eigenvalue weighted by Gasteiger charge is -2.19. The van der Waals surface area contributed by atoms with Crippen LogP contribution in [-0.4, -0.2) is 32.2 Å². The first-order chi connectivity index (χ1) is 14.5. The maximum Gasteiger partial charge on any atom is 0.241 e. The zero-order chi connectivity index (χ0) is 23.2. The van der Waals surface area contributed by atoms with Crippen molar-refractivity contribution >= 4 is 39.1 Å². The van der Waals surface area contributed by atoms with Crippen LogP contribution < -0.4 is 20.7 Å². The fourth-order valence-corrected chi connectivity index (χ4v) is 3.99. The lowest BCUT2D eigenvalue weighted by atomic mass is 10.1. The number of benzene rings is 2. The molecule has 3 amide bonds. The number of carbonyl (C=O) groups excluding carboxylic acids is 3. The minimum atomic E-state index is -3.94. The molecule has 1 unspecified atom stereocenters. The lowest BCUT2D eigenvalue weighted by Crippen LogP contribution is -2.45. The van der Waals surface area contributed by atoms with Crippen LogP contribution in [0.15, 0.2) is 53.4 Å². The number of hydrogen-bond donors (Lipinski definition) is 4. The van der Waals surface area contributed by atoms with E-state index < -0.39 is 28.0 Å². The van der Waals surface area contributed by atoms with E-state index in [2.05, 4.69) is 20.7 Å². The smallest absolute Gasteiger partial charge is 0.241 e.